The smallest absolute Gasteiger partial charge is 0.240 e. The molecule has 7 nitrogen and oxygen atoms in total. The number of para-hydroxylation sites is 2. The summed E-state index contributed by atoms with van der Waals surface area (Å²) in [6, 6.07) is 40.3. The Hall–Kier alpha value is -5.69. The van der Waals surface area contributed by atoms with Crippen molar-refractivity contribution in [3.05, 3.63) is 128 Å². The number of benzene rings is 4. The number of fused-ring (bicyclic) bond motifs is 4. The molecule has 0 unspecified atom stereocenters. The van der Waals surface area contributed by atoms with E-state index in [4.69, 9.17) is 24.9 Å². The molecule has 4 heterocycles. The largest absolute Gasteiger partial charge is 0.297 e. The quantitative estimate of drug-likeness (QED) is 0.252. The molecule has 188 valence electrons. The molecule has 4 aromatic carbocycles. The highest BCUT2D eigenvalue weighted by atomic mass is 15.2. The summed E-state index contributed by atoms with van der Waals surface area (Å²) in [4.78, 5) is 24.9. The summed E-state index contributed by atoms with van der Waals surface area (Å²) in [6.45, 7) is 0. The first-order valence-corrected chi connectivity index (χ1v) is 13.0. The van der Waals surface area contributed by atoms with E-state index in [0.717, 1.165) is 50.2 Å². The third kappa shape index (κ3) is 3.64. The van der Waals surface area contributed by atoms with Gasteiger partial charge in [-0.1, -0.05) is 103 Å². The van der Waals surface area contributed by atoms with Gasteiger partial charge in [-0.3, -0.25) is 8.97 Å². The third-order valence-corrected chi connectivity index (χ3v) is 7.00. The van der Waals surface area contributed by atoms with Crippen molar-refractivity contribution in [2.24, 2.45) is 0 Å². The zero-order chi connectivity index (χ0) is 26.5. The fourth-order valence-electron chi connectivity index (χ4n) is 5.11. The van der Waals surface area contributed by atoms with Gasteiger partial charge in [0.15, 0.2) is 11.6 Å². The molecule has 8 rings (SSSR count). The summed E-state index contributed by atoms with van der Waals surface area (Å²) in [7, 11) is 0. The summed E-state index contributed by atoms with van der Waals surface area (Å²) >= 11 is 0. The van der Waals surface area contributed by atoms with Gasteiger partial charge in [-0.15, -0.1) is 0 Å². The minimum absolute atomic E-state index is 0.495. The first-order chi connectivity index (χ1) is 19.8. The van der Waals surface area contributed by atoms with Crippen molar-refractivity contribution < 1.29 is 0 Å². The maximum Gasteiger partial charge on any atom is 0.240 e. The van der Waals surface area contributed by atoms with Gasteiger partial charge in [0.05, 0.1) is 16.6 Å². The van der Waals surface area contributed by atoms with Gasteiger partial charge < -0.3 is 0 Å². The molecule has 0 aliphatic rings. The highest BCUT2D eigenvalue weighted by Crippen LogP contribution is 2.31. The second kappa shape index (κ2) is 8.96. The molecule has 0 N–H and O–H groups in total. The van der Waals surface area contributed by atoms with E-state index in [1.807, 2.05) is 108 Å². The van der Waals surface area contributed by atoms with Crippen LogP contribution in [0.25, 0.3) is 67.8 Å². The molecule has 0 radical (unpaired) electrons. The Labute approximate surface area is 229 Å². The Morgan fingerprint density at radius 1 is 0.450 bits per heavy atom. The molecular formula is C33H21N7. The van der Waals surface area contributed by atoms with Gasteiger partial charge in [0, 0.05) is 29.0 Å². The second-order valence-corrected chi connectivity index (χ2v) is 9.52. The zero-order valence-electron chi connectivity index (χ0n) is 21.3. The van der Waals surface area contributed by atoms with Crippen LogP contribution in [0.5, 0.6) is 0 Å². The maximum absolute atomic E-state index is 5.11. The number of imidazole rings is 2. The Morgan fingerprint density at radius 2 is 1.02 bits per heavy atom. The molecule has 0 saturated heterocycles. The summed E-state index contributed by atoms with van der Waals surface area (Å²) in [5, 5.41) is 0. The van der Waals surface area contributed by atoms with E-state index >= 15 is 0 Å². The van der Waals surface area contributed by atoms with Crippen molar-refractivity contribution in [2.45, 2.75) is 0 Å². The second-order valence-electron chi connectivity index (χ2n) is 9.52. The molecule has 0 fully saturated rings. The highest BCUT2D eigenvalue weighted by molar-refractivity contribution is 5.89. The first kappa shape index (κ1) is 22.3. The van der Waals surface area contributed by atoms with E-state index in [1.165, 1.54) is 0 Å². The van der Waals surface area contributed by atoms with E-state index in [-0.39, 0.29) is 0 Å². The molecule has 0 bridgehead atoms. The molecule has 4 aromatic heterocycles. The first-order valence-electron chi connectivity index (χ1n) is 13.0. The molecule has 0 amide bonds. The van der Waals surface area contributed by atoms with Gasteiger partial charge in [-0.05, 0) is 12.1 Å². The fourth-order valence-corrected chi connectivity index (χ4v) is 5.11. The number of hydrogen-bond donors (Lipinski definition) is 0. The summed E-state index contributed by atoms with van der Waals surface area (Å²) in [6.07, 6.45) is 2.04. The van der Waals surface area contributed by atoms with Crippen LogP contribution in [0.15, 0.2) is 128 Å². The van der Waals surface area contributed by atoms with Gasteiger partial charge in [0.1, 0.15) is 17.0 Å². The lowest BCUT2D eigenvalue weighted by molar-refractivity contribution is 0.929. The Balaban J connectivity index is 1.46. The standard InChI is InChI=1S/C33H21N7/c1-4-12-22(13-5-1)30-36-31(23-14-6-2-7-15-23)38-33(37-30)40-28-20-29-34-25-18-10-11-19-27(25)39(29)21-26(28)35-32(40)24-16-8-3-9-17-24/h1-21H. The van der Waals surface area contributed by atoms with Crippen LogP contribution in [0.3, 0.4) is 0 Å². The summed E-state index contributed by atoms with van der Waals surface area (Å²) in [5.41, 5.74) is 7.27. The predicted octanol–water partition coefficient (Wildman–Crippen LogP) is 7.01. The SMILES string of the molecule is c1ccc(-c2nc(-c3ccccc3)nc(-n3c(-c4ccccc4)nc4cn5c(cc43)nc3ccccc35)n2)cc1. The lowest BCUT2D eigenvalue weighted by atomic mass is 10.2. The molecule has 40 heavy (non-hydrogen) atoms. The van der Waals surface area contributed by atoms with E-state index in [2.05, 4.69) is 28.7 Å². The average Bonchev–Trinajstić information content (AvgIpc) is 3.58. The molecule has 0 spiro atoms. The van der Waals surface area contributed by atoms with E-state index < -0.39 is 0 Å². The topological polar surface area (TPSA) is 73.8 Å². The van der Waals surface area contributed by atoms with E-state index in [0.29, 0.717) is 17.6 Å². The number of pyridine rings is 1. The summed E-state index contributed by atoms with van der Waals surface area (Å²) < 4.78 is 4.10. The van der Waals surface area contributed by atoms with Crippen LogP contribution >= 0.6 is 0 Å². The van der Waals surface area contributed by atoms with Crippen molar-refractivity contribution >= 4 is 27.7 Å². The maximum atomic E-state index is 5.11. The van der Waals surface area contributed by atoms with E-state index in [9.17, 15) is 0 Å². The highest BCUT2D eigenvalue weighted by Gasteiger charge is 2.21. The predicted molar refractivity (Wildman–Crippen MR) is 157 cm³/mol. The van der Waals surface area contributed by atoms with Crippen molar-refractivity contribution in [2.75, 3.05) is 0 Å². The van der Waals surface area contributed by atoms with Crippen molar-refractivity contribution in [1.82, 2.24) is 33.9 Å². The minimum atomic E-state index is 0.495. The van der Waals surface area contributed by atoms with Crippen molar-refractivity contribution in [3.63, 3.8) is 0 Å². The van der Waals surface area contributed by atoms with Crippen LogP contribution in [0, 0.1) is 0 Å². The molecule has 0 saturated carbocycles. The van der Waals surface area contributed by atoms with Crippen molar-refractivity contribution in [3.8, 4) is 40.1 Å². The molecule has 7 heteroatoms. The zero-order valence-corrected chi connectivity index (χ0v) is 21.3. The van der Waals surface area contributed by atoms with Gasteiger partial charge in [0.2, 0.25) is 5.95 Å². The lowest BCUT2D eigenvalue weighted by Gasteiger charge is -2.11. The lowest BCUT2D eigenvalue weighted by Crippen LogP contribution is -2.08. The Bertz CT molecular complexity index is 2090. The average molecular weight is 516 g/mol. The third-order valence-electron chi connectivity index (χ3n) is 7.00. The monoisotopic (exact) mass is 515 g/mol. The summed E-state index contributed by atoms with van der Waals surface area (Å²) in [5.74, 6) is 2.43. The van der Waals surface area contributed by atoms with Crippen LogP contribution in [0.1, 0.15) is 0 Å². The van der Waals surface area contributed by atoms with Crippen LogP contribution < -0.4 is 0 Å². The number of rotatable bonds is 4. The van der Waals surface area contributed by atoms with Crippen LogP contribution in [-0.4, -0.2) is 33.9 Å². The molecular weight excluding hydrogens is 494 g/mol. The number of nitrogens with zero attached hydrogens (tertiary/aromatic N) is 7. The van der Waals surface area contributed by atoms with Crippen molar-refractivity contribution in [1.29, 1.82) is 0 Å². The van der Waals surface area contributed by atoms with Crippen LogP contribution in [0.4, 0.5) is 0 Å². The Morgan fingerprint density at radius 3 is 1.68 bits per heavy atom. The number of aromatic nitrogens is 7. The fraction of sp³-hybridized carbons (Fsp3) is 0. The normalized spacial score (nSPS) is 11.5. The molecule has 0 aliphatic heterocycles. The van der Waals surface area contributed by atoms with Crippen LogP contribution in [-0.2, 0) is 0 Å². The molecule has 8 aromatic rings. The minimum Gasteiger partial charge on any atom is -0.297 e. The Kier molecular flexibility index (Phi) is 4.99. The molecule has 0 aliphatic carbocycles. The van der Waals surface area contributed by atoms with Gasteiger partial charge in [0.25, 0.3) is 0 Å². The van der Waals surface area contributed by atoms with Crippen LogP contribution in [0.2, 0.25) is 0 Å². The van der Waals surface area contributed by atoms with Gasteiger partial charge in [-0.25, -0.2) is 15.0 Å². The molecule has 0 atom stereocenters. The van der Waals surface area contributed by atoms with E-state index in [1.54, 1.807) is 0 Å². The van der Waals surface area contributed by atoms with Gasteiger partial charge in [-0.2, -0.15) is 9.97 Å². The number of hydrogen-bond acceptors (Lipinski definition) is 5. The van der Waals surface area contributed by atoms with Gasteiger partial charge >= 0.3 is 0 Å².